The van der Waals surface area contributed by atoms with Crippen LogP contribution in [0.15, 0.2) is 28.7 Å². The van der Waals surface area contributed by atoms with Crippen LogP contribution in [0.5, 0.6) is 5.75 Å². The summed E-state index contributed by atoms with van der Waals surface area (Å²) >= 11 is 3.51. The molecule has 1 aromatic rings. The Hall–Kier alpha value is -0.500. The fourth-order valence-corrected chi connectivity index (χ4v) is 2.57. The molecule has 2 heteroatoms. The van der Waals surface area contributed by atoms with Gasteiger partial charge in [0.1, 0.15) is 5.75 Å². The molecular weight excluding hydrogens is 252 g/mol. The van der Waals surface area contributed by atoms with Gasteiger partial charge in [-0.25, -0.2) is 0 Å². The fraction of sp³-hybridized carbons (Fsp3) is 0.538. The van der Waals surface area contributed by atoms with Crippen molar-refractivity contribution in [1.29, 1.82) is 0 Å². The van der Waals surface area contributed by atoms with E-state index in [0.717, 1.165) is 16.6 Å². The van der Waals surface area contributed by atoms with Gasteiger partial charge < -0.3 is 4.74 Å². The fourth-order valence-electron chi connectivity index (χ4n) is 2.19. The van der Waals surface area contributed by atoms with E-state index >= 15 is 0 Å². The van der Waals surface area contributed by atoms with Gasteiger partial charge in [-0.2, -0.15) is 0 Å². The average molecular weight is 269 g/mol. The largest absolute Gasteiger partial charge is 0.489 e. The molecule has 1 fully saturated rings. The van der Waals surface area contributed by atoms with Crippen LogP contribution in [0.1, 0.15) is 33.1 Å². The van der Waals surface area contributed by atoms with Crippen LogP contribution in [0.25, 0.3) is 0 Å². The number of benzene rings is 1. The summed E-state index contributed by atoms with van der Waals surface area (Å²) in [5.41, 5.74) is 0.450. The zero-order valence-electron chi connectivity index (χ0n) is 9.29. The second kappa shape index (κ2) is 4.17. The summed E-state index contributed by atoms with van der Waals surface area (Å²) in [6.45, 7) is 4.63. The Morgan fingerprint density at radius 1 is 1.33 bits per heavy atom. The van der Waals surface area contributed by atoms with E-state index in [4.69, 9.17) is 4.74 Å². The minimum absolute atomic E-state index is 0.388. The molecule has 0 spiro atoms. The van der Waals surface area contributed by atoms with Crippen molar-refractivity contribution in [2.75, 3.05) is 0 Å². The predicted octanol–water partition coefficient (Wildman–Crippen LogP) is 4.41. The van der Waals surface area contributed by atoms with Crippen molar-refractivity contribution in [2.45, 2.75) is 39.2 Å². The van der Waals surface area contributed by atoms with Crippen LogP contribution in [-0.4, -0.2) is 6.10 Å². The van der Waals surface area contributed by atoms with Gasteiger partial charge in [0.05, 0.1) is 10.6 Å². The lowest BCUT2D eigenvalue weighted by Crippen LogP contribution is -2.14. The normalized spacial score (nSPS) is 24.1. The molecule has 0 heterocycles. The molecule has 2 rings (SSSR count). The molecule has 1 saturated carbocycles. The third kappa shape index (κ3) is 2.75. The number of ether oxygens (including phenoxy) is 1. The summed E-state index contributed by atoms with van der Waals surface area (Å²) < 4.78 is 7.05. The van der Waals surface area contributed by atoms with Crippen molar-refractivity contribution >= 4 is 15.9 Å². The van der Waals surface area contributed by atoms with E-state index in [1.165, 1.54) is 12.8 Å². The molecule has 0 bridgehead atoms. The number of hydrogen-bond acceptors (Lipinski definition) is 1. The summed E-state index contributed by atoms with van der Waals surface area (Å²) in [5, 5.41) is 0. The lowest BCUT2D eigenvalue weighted by molar-refractivity contribution is 0.192. The Morgan fingerprint density at radius 2 is 2.07 bits per heavy atom. The number of rotatable bonds is 2. The van der Waals surface area contributed by atoms with Crippen molar-refractivity contribution in [3.05, 3.63) is 28.7 Å². The minimum Gasteiger partial charge on any atom is -0.489 e. The maximum absolute atomic E-state index is 5.99. The van der Waals surface area contributed by atoms with E-state index in [0.29, 0.717) is 11.5 Å². The smallest absolute Gasteiger partial charge is 0.133 e. The first-order valence-electron chi connectivity index (χ1n) is 5.48. The van der Waals surface area contributed by atoms with Crippen molar-refractivity contribution in [1.82, 2.24) is 0 Å². The standard InChI is InChI=1S/C13H17BrO/c1-13(2)8-7-10(9-13)15-12-6-4-3-5-11(12)14/h3-6,10H,7-9H2,1-2H3. The molecule has 1 aromatic carbocycles. The van der Waals surface area contributed by atoms with Gasteiger partial charge in [-0.1, -0.05) is 26.0 Å². The third-order valence-electron chi connectivity index (χ3n) is 3.05. The SMILES string of the molecule is CC1(C)CCC(Oc2ccccc2Br)C1. The molecular formula is C13H17BrO. The first-order chi connectivity index (χ1) is 7.07. The Kier molecular flexibility index (Phi) is 3.06. The second-order valence-electron chi connectivity index (χ2n) is 5.08. The van der Waals surface area contributed by atoms with Gasteiger partial charge in [0.2, 0.25) is 0 Å². The molecule has 1 aliphatic carbocycles. The number of para-hydroxylation sites is 1. The van der Waals surface area contributed by atoms with E-state index < -0.39 is 0 Å². The molecule has 0 amide bonds. The molecule has 1 nitrogen and oxygen atoms in total. The van der Waals surface area contributed by atoms with Crippen molar-refractivity contribution < 1.29 is 4.74 Å². The van der Waals surface area contributed by atoms with Crippen molar-refractivity contribution in [3.8, 4) is 5.75 Å². The van der Waals surface area contributed by atoms with Gasteiger partial charge in [-0.3, -0.25) is 0 Å². The summed E-state index contributed by atoms with van der Waals surface area (Å²) in [4.78, 5) is 0. The van der Waals surface area contributed by atoms with E-state index in [9.17, 15) is 0 Å². The zero-order chi connectivity index (χ0) is 10.9. The Balaban J connectivity index is 2.02. The molecule has 0 aliphatic heterocycles. The first-order valence-corrected chi connectivity index (χ1v) is 6.27. The number of hydrogen-bond donors (Lipinski definition) is 0. The van der Waals surface area contributed by atoms with Gasteiger partial charge in [0, 0.05) is 0 Å². The molecule has 1 unspecified atom stereocenters. The van der Waals surface area contributed by atoms with Crippen LogP contribution >= 0.6 is 15.9 Å². The topological polar surface area (TPSA) is 9.23 Å². The lowest BCUT2D eigenvalue weighted by atomic mass is 9.92. The molecule has 1 atom stereocenters. The van der Waals surface area contributed by atoms with Crippen LogP contribution in [0.2, 0.25) is 0 Å². The highest BCUT2D eigenvalue weighted by Gasteiger charge is 2.32. The van der Waals surface area contributed by atoms with E-state index in [1.807, 2.05) is 24.3 Å². The van der Waals surface area contributed by atoms with Crippen LogP contribution < -0.4 is 4.74 Å². The van der Waals surface area contributed by atoms with Crippen LogP contribution in [-0.2, 0) is 0 Å². The average Bonchev–Trinajstić information content (AvgIpc) is 2.50. The monoisotopic (exact) mass is 268 g/mol. The molecule has 0 N–H and O–H groups in total. The molecule has 0 saturated heterocycles. The van der Waals surface area contributed by atoms with Crippen LogP contribution in [0, 0.1) is 5.41 Å². The first kappa shape index (κ1) is 11.0. The van der Waals surface area contributed by atoms with Gasteiger partial charge in [-0.15, -0.1) is 0 Å². The highest BCUT2D eigenvalue weighted by Crippen LogP contribution is 2.39. The summed E-state index contributed by atoms with van der Waals surface area (Å²) in [6.07, 6.45) is 3.99. The number of halogens is 1. The zero-order valence-corrected chi connectivity index (χ0v) is 10.9. The highest BCUT2D eigenvalue weighted by atomic mass is 79.9. The molecule has 15 heavy (non-hydrogen) atoms. The Labute approximate surface area is 100.0 Å². The van der Waals surface area contributed by atoms with Crippen molar-refractivity contribution in [3.63, 3.8) is 0 Å². The minimum atomic E-state index is 0.388. The quantitative estimate of drug-likeness (QED) is 0.772. The third-order valence-corrected chi connectivity index (χ3v) is 3.71. The Morgan fingerprint density at radius 3 is 2.67 bits per heavy atom. The molecule has 0 aromatic heterocycles. The maximum atomic E-state index is 5.99. The highest BCUT2D eigenvalue weighted by molar-refractivity contribution is 9.10. The summed E-state index contributed by atoms with van der Waals surface area (Å²) in [7, 11) is 0. The van der Waals surface area contributed by atoms with Gasteiger partial charge in [0.25, 0.3) is 0 Å². The van der Waals surface area contributed by atoms with Gasteiger partial charge in [-0.05, 0) is 52.7 Å². The molecule has 0 radical (unpaired) electrons. The van der Waals surface area contributed by atoms with Crippen LogP contribution in [0.3, 0.4) is 0 Å². The Bertz CT molecular complexity index is 346. The van der Waals surface area contributed by atoms with E-state index in [1.54, 1.807) is 0 Å². The second-order valence-corrected chi connectivity index (χ2v) is 5.93. The van der Waals surface area contributed by atoms with E-state index in [2.05, 4.69) is 29.8 Å². The van der Waals surface area contributed by atoms with Gasteiger partial charge in [0.15, 0.2) is 0 Å². The summed E-state index contributed by atoms with van der Waals surface area (Å²) in [6, 6.07) is 8.07. The maximum Gasteiger partial charge on any atom is 0.133 e. The summed E-state index contributed by atoms with van der Waals surface area (Å²) in [5.74, 6) is 0.972. The lowest BCUT2D eigenvalue weighted by Gasteiger charge is -2.18. The van der Waals surface area contributed by atoms with Crippen LogP contribution in [0.4, 0.5) is 0 Å². The van der Waals surface area contributed by atoms with E-state index in [-0.39, 0.29) is 0 Å². The molecule has 1 aliphatic rings. The van der Waals surface area contributed by atoms with Crippen molar-refractivity contribution in [2.24, 2.45) is 5.41 Å². The predicted molar refractivity (Wildman–Crippen MR) is 66.2 cm³/mol. The molecule has 82 valence electrons. The van der Waals surface area contributed by atoms with Gasteiger partial charge >= 0.3 is 0 Å².